The molecule has 1 aliphatic carbocycles. The Balaban J connectivity index is 1.63. The van der Waals surface area contributed by atoms with Crippen molar-refractivity contribution >= 4 is 46.6 Å². The number of anilines is 1. The molecule has 2 fully saturated rings. The summed E-state index contributed by atoms with van der Waals surface area (Å²) in [6, 6.07) is 12.8. The Labute approximate surface area is 221 Å². The van der Waals surface area contributed by atoms with Crippen LogP contribution < -0.4 is 5.32 Å². The largest absolute Gasteiger partial charge is 0.325 e. The van der Waals surface area contributed by atoms with Gasteiger partial charge in [-0.1, -0.05) is 62.2 Å². The molecule has 1 saturated carbocycles. The van der Waals surface area contributed by atoms with E-state index < -0.39 is 22.2 Å². The first-order valence-corrected chi connectivity index (χ1v) is 12.6. The smallest absolute Gasteiger partial charge is 0.234 e. The van der Waals surface area contributed by atoms with Crippen molar-refractivity contribution < 1.29 is 14.4 Å². The van der Waals surface area contributed by atoms with E-state index >= 15 is 0 Å². The molecule has 0 aromatic heterocycles. The molecule has 4 rings (SSSR count). The van der Waals surface area contributed by atoms with Crippen LogP contribution in [-0.4, -0.2) is 29.7 Å². The number of likely N-dealkylation sites (tertiary alicyclic amines) is 1. The molecule has 6 nitrogen and oxygen atoms in total. The van der Waals surface area contributed by atoms with E-state index in [4.69, 9.17) is 23.2 Å². The molecule has 0 spiro atoms. The van der Waals surface area contributed by atoms with Gasteiger partial charge in [0.2, 0.25) is 17.7 Å². The molecule has 3 atom stereocenters. The number of nitrogens with zero attached hydrogens (tertiary/aromatic N) is 2. The first-order valence-electron chi connectivity index (χ1n) is 11.8. The van der Waals surface area contributed by atoms with Gasteiger partial charge in [0.1, 0.15) is 0 Å². The van der Waals surface area contributed by atoms with Gasteiger partial charge in [0, 0.05) is 39.0 Å². The molecule has 1 heterocycles. The Morgan fingerprint density at radius 2 is 1.58 bits per heavy atom. The van der Waals surface area contributed by atoms with Crippen molar-refractivity contribution in [2.24, 2.45) is 16.2 Å². The topological polar surface area (TPSA) is 90.3 Å². The minimum Gasteiger partial charge on any atom is -0.325 e. The van der Waals surface area contributed by atoms with Crippen molar-refractivity contribution in [3.63, 3.8) is 0 Å². The molecule has 2 aromatic carbocycles. The summed E-state index contributed by atoms with van der Waals surface area (Å²) >= 11 is 12.6. The van der Waals surface area contributed by atoms with Gasteiger partial charge >= 0.3 is 0 Å². The second-order valence-electron chi connectivity index (χ2n) is 11.1. The number of carbonyl (C=O) groups is 3. The predicted octanol–water partition coefficient (Wildman–Crippen LogP) is 6.10. The zero-order valence-corrected chi connectivity index (χ0v) is 22.5. The van der Waals surface area contributed by atoms with Crippen molar-refractivity contribution in [3.8, 4) is 6.07 Å². The van der Waals surface area contributed by atoms with E-state index in [9.17, 15) is 19.6 Å². The number of amides is 3. The van der Waals surface area contributed by atoms with Crippen LogP contribution in [0.25, 0.3) is 0 Å². The quantitative estimate of drug-likeness (QED) is 0.488. The van der Waals surface area contributed by atoms with E-state index in [-0.39, 0.29) is 17.7 Å². The van der Waals surface area contributed by atoms with Crippen molar-refractivity contribution in [2.45, 2.75) is 52.9 Å². The Morgan fingerprint density at radius 1 is 1.03 bits per heavy atom. The number of hydrogen-bond acceptors (Lipinski definition) is 4. The molecule has 1 N–H and O–H groups in total. The molecular formula is C28H29Cl2N3O3. The molecule has 36 heavy (non-hydrogen) atoms. The molecule has 3 unspecified atom stereocenters. The summed E-state index contributed by atoms with van der Waals surface area (Å²) in [6.45, 7) is 7.35. The number of fused-ring (bicyclic) bond motifs is 2. The second-order valence-corrected chi connectivity index (χ2v) is 12.0. The summed E-state index contributed by atoms with van der Waals surface area (Å²) in [5.74, 6) is -1.33. The maximum atomic E-state index is 13.6. The minimum absolute atomic E-state index is 0.239. The number of imide groups is 1. The number of halogens is 2. The molecule has 2 bridgehead atoms. The van der Waals surface area contributed by atoms with Crippen LogP contribution in [0.2, 0.25) is 10.0 Å². The van der Waals surface area contributed by atoms with Gasteiger partial charge in [0.15, 0.2) is 0 Å². The van der Waals surface area contributed by atoms with Crippen molar-refractivity contribution in [1.82, 2.24) is 4.90 Å². The van der Waals surface area contributed by atoms with Crippen molar-refractivity contribution in [3.05, 3.63) is 63.1 Å². The molecule has 1 saturated heterocycles. The molecule has 1 aliphatic heterocycles. The van der Waals surface area contributed by atoms with Crippen LogP contribution in [0.1, 0.15) is 62.6 Å². The normalized spacial score (nSPS) is 28.4. The summed E-state index contributed by atoms with van der Waals surface area (Å²) in [5, 5.41) is 13.8. The summed E-state index contributed by atoms with van der Waals surface area (Å²) in [7, 11) is 1.52. The lowest BCUT2D eigenvalue weighted by atomic mass is 9.51. The maximum Gasteiger partial charge on any atom is 0.234 e. The lowest BCUT2D eigenvalue weighted by Gasteiger charge is -2.55. The SMILES string of the molecule is Cc1cc(C(C#N)c2ccc(Cl)cc2)c(Cl)cc1NC(=O)C1(C)CC2(C)CC(C)(C1)C(=O)N(C)C2=O. The number of benzene rings is 2. The van der Waals surface area contributed by atoms with E-state index in [0.29, 0.717) is 40.6 Å². The zero-order chi connectivity index (χ0) is 26.6. The van der Waals surface area contributed by atoms with Crippen molar-refractivity contribution in [1.29, 1.82) is 5.26 Å². The first kappa shape index (κ1) is 26.2. The highest BCUT2D eigenvalue weighted by atomic mass is 35.5. The highest BCUT2D eigenvalue weighted by Crippen LogP contribution is 2.58. The summed E-state index contributed by atoms with van der Waals surface area (Å²) in [5.41, 5.74) is 0.166. The number of rotatable bonds is 4. The van der Waals surface area contributed by atoms with Gasteiger partial charge in [0.05, 0.1) is 12.0 Å². The Hall–Kier alpha value is -2.88. The number of nitriles is 1. The molecule has 188 valence electrons. The van der Waals surface area contributed by atoms with Crippen LogP contribution in [0.5, 0.6) is 0 Å². The van der Waals surface area contributed by atoms with E-state index in [1.54, 1.807) is 30.3 Å². The monoisotopic (exact) mass is 525 g/mol. The van der Waals surface area contributed by atoms with Gasteiger partial charge in [-0.25, -0.2) is 0 Å². The predicted molar refractivity (Wildman–Crippen MR) is 140 cm³/mol. The highest BCUT2D eigenvalue weighted by Gasteiger charge is 2.62. The molecule has 2 aliphatic rings. The van der Waals surface area contributed by atoms with Crippen LogP contribution in [0.3, 0.4) is 0 Å². The molecular weight excluding hydrogens is 497 g/mol. The third-order valence-electron chi connectivity index (χ3n) is 7.77. The van der Waals surface area contributed by atoms with Crippen LogP contribution in [0.4, 0.5) is 5.69 Å². The van der Waals surface area contributed by atoms with E-state index in [1.165, 1.54) is 11.9 Å². The van der Waals surface area contributed by atoms with Crippen LogP contribution in [0.15, 0.2) is 36.4 Å². The highest BCUT2D eigenvalue weighted by molar-refractivity contribution is 6.32. The standard InChI is InChI=1S/C28H29Cl2N3O3/c1-16-10-19(20(12-31)17-6-8-18(29)9-7-17)21(30)11-22(16)32-23(34)26(2)13-27(3)15-28(4,14-26)25(36)33(5)24(27)35/h6-11,20H,13-15H2,1-5H3,(H,32,34). The van der Waals surface area contributed by atoms with Gasteiger partial charge in [-0.05, 0) is 61.1 Å². The zero-order valence-electron chi connectivity index (χ0n) is 21.0. The third kappa shape index (κ3) is 4.29. The summed E-state index contributed by atoms with van der Waals surface area (Å²) < 4.78 is 0. The number of carbonyl (C=O) groups excluding carboxylic acids is 3. The number of nitrogens with one attached hydrogen (secondary N) is 1. The van der Waals surface area contributed by atoms with Gasteiger partial charge in [-0.3, -0.25) is 19.3 Å². The fraction of sp³-hybridized carbons (Fsp3) is 0.429. The van der Waals surface area contributed by atoms with E-state index in [2.05, 4.69) is 11.4 Å². The van der Waals surface area contributed by atoms with Gasteiger partial charge in [0.25, 0.3) is 0 Å². The first-order chi connectivity index (χ1) is 16.7. The maximum absolute atomic E-state index is 13.6. The number of hydrogen-bond donors (Lipinski definition) is 1. The molecule has 2 aromatic rings. The average Bonchev–Trinajstić information content (AvgIpc) is 2.80. The van der Waals surface area contributed by atoms with Crippen LogP contribution >= 0.6 is 23.2 Å². The average molecular weight is 526 g/mol. The summed E-state index contributed by atoms with van der Waals surface area (Å²) in [6.07, 6.45) is 1.12. The molecule has 8 heteroatoms. The lowest BCUT2D eigenvalue weighted by molar-refractivity contribution is -0.177. The van der Waals surface area contributed by atoms with Crippen molar-refractivity contribution in [2.75, 3.05) is 12.4 Å². The number of aryl methyl sites for hydroxylation is 1. The Kier molecular flexibility index (Phi) is 6.47. The van der Waals surface area contributed by atoms with Gasteiger partial charge in [-0.15, -0.1) is 0 Å². The fourth-order valence-corrected chi connectivity index (χ4v) is 6.85. The fourth-order valence-electron chi connectivity index (χ4n) is 6.45. The second kappa shape index (κ2) is 8.90. The van der Waals surface area contributed by atoms with E-state index in [1.807, 2.05) is 33.8 Å². The lowest BCUT2D eigenvalue weighted by Crippen LogP contribution is -2.63. The van der Waals surface area contributed by atoms with Gasteiger partial charge in [-0.2, -0.15) is 5.26 Å². The van der Waals surface area contributed by atoms with E-state index in [0.717, 1.165) is 11.1 Å². The minimum atomic E-state index is -0.926. The Morgan fingerprint density at radius 3 is 2.11 bits per heavy atom. The third-order valence-corrected chi connectivity index (χ3v) is 8.35. The van der Waals surface area contributed by atoms with Gasteiger partial charge < -0.3 is 5.32 Å². The molecule has 3 amide bonds. The van der Waals surface area contributed by atoms with Crippen LogP contribution in [0, 0.1) is 34.5 Å². The summed E-state index contributed by atoms with van der Waals surface area (Å²) in [4.78, 5) is 40.8. The van der Waals surface area contributed by atoms with Crippen LogP contribution in [-0.2, 0) is 14.4 Å². The number of piperidine rings is 1. The Bertz CT molecular complexity index is 1290. The molecule has 0 radical (unpaired) electrons.